The number of esters is 1. The van der Waals surface area contributed by atoms with Crippen molar-refractivity contribution in [3.8, 4) is 0 Å². The average Bonchev–Trinajstić information content (AvgIpc) is 2.47. The van der Waals surface area contributed by atoms with E-state index in [0.717, 1.165) is 12.5 Å². The van der Waals surface area contributed by atoms with Crippen molar-refractivity contribution >= 4 is 5.97 Å². The molecule has 0 bridgehead atoms. The highest BCUT2D eigenvalue weighted by Gasteiger charge is 2.26. The first-order valence-corrected chi connectivity index (χ1v) is 3.83. The minimum Gasteiger partial charge on any atom is -0.462 e. The second-order valence-corrected chi connectivity index (χ2v) is 2.64. The maximum Gasteiger partial charge on any atom is 0.330 e. The molecule has 0 aromatic rings. The highest BCUT2D eigenvalue weighted by atomic mass is 16.6. The molecule has 1 heterocycles. The van der Waals surface area contributed by atoms with Crippen LogP contribution in [-0.4, -0.2) is 30.6 Å². The molecule has 0 spiro atoms. The SMILES string of the molecule is C=CC(=O)OCC1CCOC1O. The van der Waals surface area contributed by atoms with Gasteiger partial charge in [0.2, 0.25) is 0 Å². The number of aliphatic hydroxyl groups is 1. The van der Waals surface area contributed by atoms with Crippen LogP contribution in [0.1, 0.15) is 6.42 Å². The van der Waals surface area contributed by atoms with E-state index in [2.05, 4.69) is 6.58 Å². The average molecular weight is 172 g/mol. The summed E-state index contributed by atoms with van der Waals surface area (Å²) in [5.74, 6) is -0.553. The Bertz CT molecular complexity index is 178. The third kappa shape index (κ3) is 2.32. The third-order valence-electron chi connectivity index (χ3n) is 1.79. The van der Waals surface area contributed by atoms with E-state index in [1.807, 2.05) is 0 Å². The van der Waals surface area contributed by atoms with Gasteiger partial charge in [0, 0.05) is 12.0 Å². The summed E-state index contributed by atoms with van der Waals surface area (Å²) in [4.78, 5) is 10.6. The molecule has 2 unspecified atom stereocenters. The molecule has 0 aliphatic carbocycles. The molecule has 0 radical (unpaired) electrons. The summed E-state index contributed by atoms with van der Waals surface area (Å²) in [6.45, 7) is 3.98. The van der Waals surface area contributed by atoms with Gasteiger partial charge in [-0.05, 0) is 6.42 Å². The van der Waals surface area contributed by atoms with Crippen LogP contribution in [0.3, 0.4) is 0 Å². The Kier molecular flexibility index (Phi) is 3.25. The van der Waals surface area contributed by atoms with E-state index >= 15 is 0 Å². The minimum absolute atomic E-state index is 0.0890. The van der Waals surface area contributed by atoms with Gasteiger partial charge in [0.05, 0.1) is 13.2 Å². The molecule has 4 nitrogen and oxygen atoms in total. The van der Waals surface area contributed by atoms with Gasteiger partial charge in [-0.2, -0.15) is 0 Å². The minimum atomic E-state index is -0.789. The maximum absolute atomic E-state index is 10.6. The second kappa shape index (κ2) is 4.23. The van der Waals surface area contributed by atoms with Crippen molar-refractivity contribution in [3.05, 3.63) is 12.7 Å². The number of carbonyl (C=O) groups is 1. The molecule has 1 aliphatic heterocycles. The summed E-state index contributed by atoms with van der Waals surface area (Å²) < 4.78 is 9.62. The fourth-order valence-electron chi connectivity index (χ4n) is 1.03. The van der Waals surface area contributed by atoms with E-state index in [-0.39, 0.29) is 12.5 Å². The van der Waals surface area contributed by atoms with E-state index in [1.54, 1.807) is 0 Å². The van der Waals surface area contributed by atoms with Gasteiger partial charge < -0.3 is 14.6 Å². The first kappa shape index (κ1) is 9.22. The molecule has 1 fully saturated rings. The van der Waals surface area contributed by atoms with Gasteiger partial charge in [-0.1, -0.05) is 6.58 Å². The monoisotopic (exact) mass is 172 g/mol. The zero-order chi connectivity index (χ0) is 8.97. The van der Waals surface area contributed by atoms with E-state index in [4.69, 9.17) is 14.6 Å². The number of rotatable bonds is 3. The van der Waals surface area contributed by atoms with Gasteiger partial charge in [0.15, 0.2) is 6.29 Å². The number of carbonyl (C=O) groups excluding carboxylic acids is 1. The normalized spacial score (nSPS) is 28.4. The maximum atomic E-state index is 10.6. The van der Waals surface area contributed by atoms with Gasteiger partial charge >= 0.3 is 5.97 Å². The van der Waals surface area contributed by atoms with E-state index < -0.39 is 12.3 Å². The molecule has 68 valence electrons. The van der Waals surface area contributed by atoms with Crippen LogP contribution in [0.25, 0.3) is 0 Å². The van der Waals surface area contributed by atoms with Gasteiger partial charge in [-0.15, -0.1) is 0 Å². The third-order valence-corrected chi connectivity index (χ3v) is 1.79. The first-order chi connectivity index (χ1) is 5.74. The van der Waals surface area contributed by atoms with Crippen LogP contribution < -0.4 is 0 Å². The molecular formula is C8H12O4. The van der Waals surface area contributed by atoms with Crippen LogP contribution in [0.5, 0.6) is 0 Å². The summed E-state index contributed by atoms with van der Waals surface area (Å²) in [5.41, 5.74) is 0. The van der Waals surface area contributed by atoms with Crippen molar-refractivity contribution in [2.24, 2.45) is 5.92 Å². The van der Waals surface area contributed by atoms with Crippen LogP contribution in [0, 0.1) is 5.92 Å². The molecule has 0 aromatic carbocycles. The molecule has 12 heavy (non-hydrogen) atoms. The van der Waals surface area contributed by atoms with E-state index in [0.29, 0.717) is 6.61 Å². The van der Waals surface area contributed by atoms with Crippen LogP contribution in [-0.2, 0) is 14.3 Å². The predicted octanol–water partition coefficient (Wildman–Crippen LogP) is 0.0705. The zero-order valence-electron chi connectivity index (χ0n) is 6.73. The van der Waals surface area contributed by atoms with Crippen molar-refractivity contribution in [1.82, 2.24) is 0 Å². The standard InChI is InChI=1S/C8H12O4/c1-2-7(9)12-5-6-3-4-11-8(6)10/h2,6,8,10H,1,3-5H2. The summed E-state index contributed by atoms with van der Waals surface area (Å²) in [6.07, 6.45) is 1.04. The van der Waals surface area contributed by atoms with Crippen molar-refractivity contribution in [2.75, 3.05) is 13.2 Å². The van der Waals surface area contributed by atoms with E-state index in [1.165, 1.54) is 0 Å². The number of hydrogen-bond acceptors (Lipinski definition) is 4. The Morgan fingerprint density at radius 3 is 3.08 bits per heavy atom. The number of hydrogen-bond donors (Lipinski definition) is 1. The first-order valence-electron chi connectivity index (χ1n) is 3.83. The van der Waals surface area contributed by atoms with E-state index in [9.17, 15) is 4.79 Å². The lowest BCUT2D eigenvalue weighted by Gasteiger charge is -2.11. The lowest BCUT2D eigenvalue weighted by Crippen LogP contribution is -2.21. The zero-order valence-corrected chi connectivity index (χ0v) is 6.73. The molecule has 1 N–H and O–H groups in total. The molecule has 1 aliphatic rings. The van der Waals surface area contributed by atoms with Crippen molar-refractivity contribution < 1.29 is 19.4 Å². The Balaban J connectivity index is 2.22. The Hall–Kier alpha value is -0.870. The van der Waals surface area contributed by atoms with Crippen molar-refractivity contribution in [2.45, 2.75) is 12.7 Å². The molecule has 0 amide bonds. The molecular weight excluding hydrogens is 160 g/mol. The fourth-order valence-corrected chi connectivity index (χ4v) is 1.03. The lowest BCUT2D eigenvalue weighted by molar-refractivity contribution is -0.143. The van der Waals surface area contributed by atoms with Crippen LogP contribution in [0.15, 0.2) is 12.7 Å². The van der Waals surface area contributed by atoms with Crippen molar-refractivity contribution in [3.63, 3.8) is 0 Å². The summed E-state index contributed by atoms with van der Waals surface area (Å²) in [7, 11) is 0. The highest BCUT2D eigenvalue weighted by Crippen LogP contribution is 2.18. The summed E-state index contributed by atoms with van der Waals surface area (Å²) >= 11 is 0. The quantitative estimate of drug-likeness (QED) is 0.483. The molecule has 1 saturated heterocycles. The largest absolute Gasteiger partial charge is 0.462 e. The van der Waals surface area contributed by atoms with Gasteiger partial charge in [-0.3, -0.25) is 0 Å². The molecule has 0 saturated carbocycles. The highest BCUT2D eigenvalue weighted by molar-refractivity contribution is 5.81. The van der Waals surface area contributed by atoms with Crippen molar-refractivity contribution in [1.29, 1.82) is 0 Å². The fraction of sp³-hybridized carbons (Fsp3) is 0.625. The summed E-state index contributed by atoms with van der Waals surface area (Å²) in [6, 6.07) is 0. The molecule has 0 aromatic heterocycles. The molecule has 1 rings (SSSR count). The topological polar surface area (TPSA) is 55.8 Å². The molecule has 4 heteroatoms. The predicted molar refractivity (Wildman–Crippen MR) is 41.2 cm³/mol. The molecule has 2 atom stereocenters. The van der Waals surface area contributed by atoms with Gasteiger partial charge in [0.1, 0.15) is 0 Å². The second-order valence-electron chi connectivity index (χ2n) is 2.64. The Labute approximate surface area is 70.8 Å². The van der Waals surface area contributed by atoms with Gasteiger partial charge in [0.25, 0.3) is 0 Å². The summed E-state index contributed by atoms with van der Waals surface area (Å²) in [5, 5.41) is 9.14. The van der Waals surface area contributed by atoms with Gasteiger partial charge in [-0.25, -0.2) is 4.79 Å². The van der Waals surface area contributed by atoms with Crippen LogP contribution in [0.2, 0.25) is 0 Å². The number of aliphatic hydroxyl groups excluding tert-OH is 1. The Morgan fingerprint density at radius 2 is 2.58 bits per heavy atom. The Morgan fingerprint density at radius 1 is 1.83 bits per heavy atom. The van der Waals surface area contributed by atoms with Crippen LogP contribution >= 0.6 is 0 Å². The lowest BCUT2D eigenvalue weighted by atomic mass is 10.1. The smallest absolute Gasteiger partial charge is 0.330 e. The number of ether oxygens (including phenoxy) is 2. The van der Waals surface area contributed by atoms with Crippen LogP contribution in [0.4, 0.5) is 0 Å².